The summed E-state index contributed by atoms with van der Waals surface area (Å²) in [6.45, 7) is 1.18. The van der Waals surface area contributed by atoms with Crippen LogP contribution in [0, 0.1) is 0 Å². The minimum atomic E-state index is -0.274. The van der Waals surface area contributed by atoms with Gasteiger partial charge in [0, 0.05) is 32.0 Å². The summed E-state index contributed by atoms with van der Waals surface area (Å²) in [6, 6.07) is 17.9. The number of benzene rings is 2. The van der Waals surface area contributed by atoms with E-state index in [1.54, 1.807) is 20.4 Å². The molecule has 168 valence electrons. The molecular formula is C24H24N6O3. The van der Waals surface area contributed by atoms with Gasteiger partial charge >= 0.3 is 0 Å². The van der Waals surface area contributed by atoms with Crippen molar-refractivity contribution in [3.05, 3.63) is 82.9 Å². The number of nitrogens with zero attached hydrogens (tertiary/aromatic N) is 6. The summed E-state index contributed by atoms with van der Waals surface area (Å²) in [5.41, 5.74) is 3.64. The van der Waals surface area contributed by atoms with E-state index in [4.69, 9.17) is 14.6 Å². The number of methoxy groups -OCH3 is 2. The molecule has 0 radical (unpaired) electrons. The van der Waals surface area contributed by atoms with Gasteiger partial charge in [0.05, 0.1) is 30.9 Å². The molecule has 9 heteroatoms. The number of rotatable bonds is 8. The summed E-state index contributed by atoms with van der Waals surface area (Å²) in [5.74, 6) is 0. The first-order valence-electron chi connectivity index (χ1n) is 10.6. The Morgan fingerprint density at radius 1 is 0.939 bits per heavy atom. The van der Waals surface area contributed by atoms with Crippen molar-refractivity contribution in [1.29, 1.82) is 0 Å². The maximum atomic E-state index is 13.1. The average molecular weight is 444 g/mol. The second-order valence-corrected chi connectivity index (χ2v) is 7.79. The van der Waals surface area contributed by atoms with Crippen LogP contribution in [0.2, 0.25) is 0 Å². The smallest absolute Gasteiger partial charge is 0.296 e. The molecule has 2 aliphatic heterocycles. The first-order valence-corrected chi connectivity index (χ1v) is 10.6. The van der Waals surface area contributed by atoms with E-state index in [0.29, 0.717) is 31.1 Å². The van der Waals surface area contributed by atoms with Gasteiger partial charge in [0.1, 0.15) is 11.8 Å². The Bertz CT molecular complexity index is 1390. The Hall–Kier alpha value is -3.82. The quantitative estimate of drug-likeness (QED) is 0.366. The molecular weight excluding hydrogens is 420 g/mol. The molecule has 1 atom stereocenters. The van der Waals surface area contributed by atoms with Crippen LogP contribution in [0.1, 0.15) is 5.56 Å². The molecule has 3 aromatic rings. The molecule has 0 amide bonds. The van der Waals surface area contributed by atoms with Crippen LogP contribution in [0.5, 0.6) is 0 Å². The summed E-state index contributed by atoms with van der Waals surface area (Å²) in [4.78, 5) is 13.1. The molecule has 2 aromatic carbocycles. The van der Waals surface area contributed by atoms with Gasteiger partial charge in [0.2, 0.25) is 0 Å². The summed E-state index contributed by atoms with van der Waals surface area (Å²) in [6.07, 6.45) is 3.38. The number of fused-ring (bicyclic) bond motifs is 3. The number of para-hydroxylation sites is 1. The van der Waals surface area contributed by atoms with Crippen LogP contribution in [-0.2, 0) is 22.6 Å². The van der Waals surface area contributed by atoms with Gasteiger partial charge in [0.25, 0.3) is 5.56 Å². The van der Waals surface area contributed by atoms with Crippen LogP contribution in [0.15, 0.2) is 71.8 Å². The van der Waals surface area contributed by atoms with Gasteiger partial charge in [-0.1, -0.05) is 30.3 Å². The molecule has 1 unspecified atom stereocenters. The van der Waals surface area contributed by atoms with Crippen LogP contribution < -0.4 is 5.56 Å². The zero-order chi connectivity index (χ0) is 22.8. The van der Waals surface area contributed by atoms with Crippen LogP contribution >= 0.6 is 0 Å². The van der Waals surface area contributed by atoms with E-state index in [1.165, 1.54) is 4.68 Å². The largest absolute Gasteiger partial charge is 0.382 e. The van der Waals surface area contributed by atoms with E-state index < -0.39 is 0 Å². The highest BCUT2D eigenvalue weighted by molar-refractivity contribution is 5.91. The van der Waals surface area contributed by atoms with E-state index in [9.17, 15) is 4.79 Å². The fourth-order valence-electron chi connectivity index (χ4n) is 3.95. The van der Waals surface area contributed by atoms with E-state index in [0.717, 1.165) is 22.2 Å². The van der Waals surface area contributed by atoms with Gasteiger partial charge in [-0.3, -0.25) is 9.48 Å². The Morgan fingerprint density at radius 2 is 1.73 bits per heavy atom. The van der Waals surface area contributed by atoms with Crippen molar-refractivity contribution in [2.24, 2.45) is 0 Å². The first kappa shape index (κ1) is 21.0. The lowest BCUT2D eigenvalue weighted by Crippen LogP contribution is -2.29. The number of ether oxygens (including phenoxy) is 2. The molecule has 2 aliphatic rings. The molecule has 0 aliphatic carbocycles. The van der Waals surface area contributed by atoms with Gasteiger partial charge in [-0.15, -0.1) is 0 Å². The molecule has 0 spiro atoms. The predicted octanol–water partition coefficient (Wildman–Crippen LogP) is 2.59. The predicted molar refractivity (Wildman–Crippen MR) is 124 cm³/mol. The zero-order valence-electron chi connectivity index (χ0n) is 18.5. The summed E-state index contributed by atoms with van der Waals surface area (Å²) in [5, 5.41) is 14.4. The molecule has 0 saturated heterocycles. The van der Waals surface area contributed by atoms with Gasteiger partial charge in [-0.25, -0.2) is 9.36 Å². The molecule has 0 fully saturated rings. The van der Waals surface area contributed by atoms with Crippen molar-refractivity contribution in [2.75, 3.05) is 20.8 Å². The summed E-state index contributed by atoms with van der Waals surface area (Å²) in [7, 11) is 3.19. The molecule has 0 saturated carbocycles. The first-order chi connectivity index (χ1) is 16.2. The highest BCUT2D eigenvalue weighted by atomic mass is 16.5. The van der Waals surface area contributed by atoms with Crippen molar-refractivity contribution in [3.8, 4) is 17.1 Å². The lowest BCUT2D eigenvalue weighted by atomic mass is 10.1. The molecule has 3 heterocycles. The Labute approximate surface area is 190 Å². The third-order valence-corrected chi connectivity index (χ3v) is 5.64. The van der Waals surface area contributed by atoms with Gasteiger partial charge in [-0.2, -0.15) is 15.3 Å². The van der Waals surface area contributed by atoms with Crippen LogP contribution in [0.4, 0.5) is 0 Å². The van der Waals surface area contributed by atoms with Crippen LogP contribution in [-0.4, -0.2) is 56.3 Å². The van der Waals surface area contributed by atoms with Crippen LogP contribution in [0.3, 0.4) is 0 Å². The van der Waals surface area contributed by atoms with Crippen molar-refractivity contribution < 1.29 is 9.47 Å². The maximum Gasteiger partial charge on any atom is 0.296 e. The van der Waals surface area contributed by atoms with E-state index in [-0.39, 0.29) is 11.7 Å². The SMILES string of the molecule is COCC(Cn1nc2c3ccccc3n(Cc3ccc(-n4cccn4)cc3)nc-2c1=O)OC. The normalized spacial score (nSPS) is 12.5. The summed E-state index contributed by atoms with van der Waals surface area (Å²) >= 11 is 0. The van der Waals surface area contributed by atoms with Crippen molar-refractivity contribution in [2.45, 2.75) is 19.2 Å². The minimum absolute atomic E-state index is 0.239. The zero-order valence-corrected chi connectivity index (χ0v) is 18.5. The average Bonchev–Trinajstić information content (AvgIpc) is 3.49. The van der Waals surface area contributed by atoms with E-state index >= 15 is 0 Å². The van der Waals surface area contributed by atoms with Crippen LogP contribution in [0.25, 0.3) is 28.0 Å². The molecule has 0 bridgehead atoms. The minimum Gasteiger partial charge on any atom is -0.382 e. The second-order valence-electron chi connectivity index (χ2n) is 7.79. The monoisotopic (exact) mass is 444 g/mol. The Morgan fingerprint density at radius 3 is 2.45 bits per heavy atom. The topological polar surface area (TPSA) is 89.0 Å². The van der Waals surface area contributed by atoms with Gasteiger partial charge in [-0.05, 0) is 29.8 Å². The lowest BCUT2D eigenvalue weighted by Gasteiger charge is -2.13. The highest BCUT2D eigenvalue weighted by Gasteiger charge is 2.23. The van der Waals surface area contributed by atoms with Crippen molar-refractivity contribution in [3.63, 3.8) is 0 Å². The van der Waals surface area contributed by atoms with Crippen molar-refractivity contribution in [1.82, 2.24) is 29.3 Å². The molecule has 1 aromatic heterocycles. The number of aromatic nitrogens is 6. The molecule has 5 rings (SSSR count). The molecule has 0 N–H and O–H groups in total. The standard InChI is InChI=1S/C24H24N6O3/c1-32-16-19(33-2)15-30-24(31)23-22(26-30)20-6-3-4-7-21(20)29(27-23)14-17-8-10-18(11-9-17)28-13-5-12-25-28/h3-13,19H,14-16H2,1-2H3. The summed E-state index contributed by atoms with van der Waals surface area (Å²) < 4.78 is 15.7. The molecule has 33 heavy (non-hydrogen) atoms. The number of hydrogen-bond acceptors (Lipinski definition) is 6. The molecule has 9 nitrogen and oxygen atoms in total. The fraction of sp³-hybridized carbons (Fsp3) is 0.250. The third kappa shape index (κ3) is 4.04. The van der Waals surface area contributed by atoms with E-state index in [1.807, 2.05) is 70.2 Å². The van der Waals surface area contributed by atoms with Crippen molar-refractivity contribution >= 4 is 10.9 Å². The maximum absolute atomic E-state index is 13.1. The number of hydrogen-bond donors (Lipinski definition) is 0. The fourth-order valence-corrected chi connectivity index (χ4v) is 3.95. The highest BCUT2D eigenvalue weighted by Crippen LogP contribution is 2.26. The third-order valence-electron chi connectivity index (χ3n) is 5.64. The van der Waals surface area contributed by atoms with Gasteiger partial charge < -0.3 is 9.47 Å². The Balaban J connectivity index is 1.54. The Kier molecular flexibility index (Phi) is 5.72. The second kappa shape index (κ2) is 8.97. The van der Waals surface area contributed by atoms with Gasteiger partial charge in [0.15, 0.2) is 5.69 Å². The van der Waals surface area contributed by atoms with E-state index in [2.05, 4.69) is 10.2 Å². The lowest BCUT2D eigenvalue weighted by molar-refractivity contribution is 0.0159.